The van der Waals surface area contributed by atoms with Crippen LogP contribution in [-0.2, 0) is 10.0 Å². The summed E-state index contributed by atoms with van der Waals surface area (Å²) in [4.78, 5) is 12.9. The van der Waals surface area contributed by atoms with Gasteiger partial charge in [0.05, 0.1) is 21.5 Å². The van der Waals surface area contributed by atoms with Gasteiger partial charge >= 0.3 is 0 Å². The van der Waals surface area contributed by atoms with Crippen molar-refractivity contribution in [3.63, 3.8) is 0 Å². The molecule has 2 aromatic rings. The molecule has 0 aliphatic heterocycles. The topological polar surface area (TPSA) is 66.5 Å². The van der Waals surface area contributed by atoms with E-state index in [0.29, 0.717) is 10.9 Å². The number of amides is 1. The predicted molar refractivity (Wildman–Crippen MR) is 107 cm³/mol. The van der Waals surface area contributed by atoms with Crippen molar-refractivity contribution < 1.29 is 13.2 Å². The molecular weight excluding hydrogens is 407 g/mol. The summed E-state index contributed by atoms with van der Waals surface area (Å²) in [5, 5.41) is 3.84. The van der Waals surface area contributed by atoms with Gasteiger partial charge in [-0.2, -0.15) is 0 Å². The van der Waals surface area contributed by atoms with Crippen molar-refractivity contribution in [3.05, 3.63) is 63.6 Å². The number of nitrogens with one attached hydrogen (secondary N) is 1. The van der Waals surface area contributed by atoms with Gasteiger partial charge in [0, 0.05) is 19.1 Å². The Hall–Kier alpha value is -1.60. The molecule has 3 rings (SSSR count). The Morgan fingerprint density at radius 1 is 1.11 bits per heavy atom. The maximum Gasteiger partial charge on any atom is 0.253 e. The van der Waals surface area contributed by atoms with E-state index >= 15 is 0 Å². The fourth-order valence-electron chi connectivity index (χ4n) is 2.84. The lowest BCUT2D eigenvalue weighted by molar-refractivity contribution is 0.0931. The number of halogens is 2. The Bertz CT molecular complexity index is 955. The van der Waals surface area contributed by atoms with Gasteiger partial charge < -0.3 is 5.32 Å². The lowest BCUT2D eigenvalue weighted by Crippen LogP contribution is -2.30. The molecule has 1 unspecified atom stereocenters. The number of carbonyl (C=O) groups excluding carboxylic acids is 1. The van der Waals surface area contributed by atoms with Crippen LogP contribution in [-0.4, -0.2) is 32.7 Å². The third-order valence-electron chi connectivity index (χ3n) is 4.57. The molecule has 1 aliphatic carbocycles. The second-order valence-electron chi connectivity index (χ2n) is 6.77. The second kappa shape index (κ2) is 7.80. The van der Waals surface area contributed by atoms with Crippen LogP contribution < -0.4 is 5.32 Å². The SMILES string of the molecule is CN(C)S(=O)(=O)c1ccc(Cl)c(C(=O)NC(c2ccc(Cl)cc2)C2CC2)c1. The van der Waals surface area contributed by atoms with E-state index < -0.39 is 15.9 Å². The van der Waals surface area contributed by atoms with Gasteiger partial charge in [-0.3, -0.25) is 4.79 Å². The van der Waals surface area contributed by atoms with Gasteiger partial charge in [-0.15, -0.1) is 0 Å². The third kappa shape index (κ3) is 4.46. The second-order valence-corrected chi connectivity index (χ2v) is 9.76. The molecule has 1 aliphatic rings. The van der Waals surface area contributed by atoms with E-state index in [1.165, 1.54) is 32.3 Å². The molecule has 0 aromatic heterocycles. The molecule has 1 N–H and O–H groups in total. The molecule has 1 fully saturated rings. The van der Waals surface area contributed by atoms with Crippen molar-refractivity contribution in [2.75, 3.05) is 14.1 Å². The van der Waals surface area contributed by atoms with E-state index in [4.69, 9.17) is 23.2 Å². The zero-order valence-corrected chi connectivity index (χ0v) is 17.3. The van der Waals surface area contributed by atoms with Crippen LogP contribution in [0.5, 0.6) is 0 Å². The van der Waals surface area contributed by atoms with Crippen molar-refractivity contribution in [1.29, 1.82) is 0 Å². The summed E-state index contributed by atoms with van der Waals surface area (Å²) in [6, 6.07) is 11.3. The highest BCUT2D eigenvalue weighted by Gasteiger charge is 2.34. The summed E-state index contributed by atoms with van der Waals surface area (Å²) in [5.74, 6) is -0.0507. The molecular formula is C19H20Cl2N2O3S. The third-order valence-corrected chi connectivity index (χ3v) is 6.96. The minimum absolute atomic E-state index is 0.0246. The zero-order chi connectivity index (χ0) is 19.8. The molecule has 5 nitrogen and oxygen atoms in total. The van der Waals surface area contributed by atoms with Gasteiger partial charge in [-0.25, -0.2) is 12.7 Å². The first kappa shape index (κ1) is 20.1. The molecule has 0 heterocycles. The first-order valence-corrected chi connectivity index (χ1v) is 10.7. The lowest BCUT2D eigenvalue weighted by Gasteiger charge is -2.20. The van der Waals surface area contributed by atoms with Gasteiger partial charge in [-0.05, 0) is 54.7 Å². The Morgan fingerprint density at radius 3 is 2.30 bits per heavy atom. The average Bonchev–Trinajstić information content (AvgIpc) is 3.45. The molecule has 0 bridgehead atoms. The maximum atomic E-state index is 12.9. The Kier molecular flexibility index (Phi) is 5.82. The van der Waals surface area contributed by atoms with Crippen molar-refractivity contribution in [2.24, 2.45) is 5.92 Å². The quantitative estimate of drug-likeness (QED) is 0.754. The number of rotatable bonds is 6. The highest BCUT2D eigenvalue weighted by Crippen LogP contribution is 2.41. The average molecular weight is 427 g/mol. The van der Waals surface area contributed by atoms with Crippen molar-refractivity contribution >= 4 is 39.1 Å². The minimum atomic E-state index is -3.66. The Balaban J connectivity index is 1.89. The fourth-order valence-corrected chi connectivity index (χ4v) is 4.10. The summed E-state index contributed by atoms with van der Waals surface area (Å²) < 4.78 is 25.8. The summed E-state index contributed by atoms with van der Waals surface area (Å²) in [5.41, 5.74) is 1.10. The first-order valence-electron chi connectivity index (χ1n) is 8.48. The van der Waals surface area contributed by atoms with E-state index in [1.807, 2.05) is 12.1 Å². The standard InChI is InChI=1S/C19H20Cl2N2O3S/c1-23(2)27(25,26)15-9-10-17(21)16(11-15)19(24)22-18(12-3-4-12)13-5-7-14(20)8-6-13/h5-12,18H,3-4H2,1-2H3,(H,22,24). The Labute approximate surface area is 169 Å². The summed E-state index contributed by atoms with van der Waals surface area (Å²) >= 11 is 12.1. The van der Waals surface area contributed by atoms with Gasteiger partial charge in [0.1, 0.15) is 0 Å². The van der Waals surface area contributed by atoms with Gasteiger partial charge in [-0.1, -0.05) is 35.3 Å². The summed E-state index contributed by atoms with van der Waals surface area (Å²) in [7, 11) is -0.783. The largest absolute Gasteiger partial charge is 0.345 e. The van der Waals surface area contributed by atoms with Crippen molar-refractivity contribution in [1.82, 2.24) is 9.62 Å². The molecule has 8 heteroatoms. The molecule has 1 atom stereocenters. The van der Waals surface area contributed by atoms with Crippen LogP contribution in [0, 0.1) is 5.92 Å². The Morgan fingerprint density at radius 2 is 1.74 bits per heavy atom. The van der Waals surface area contributed by atoms with Gasteiger partial charge in [0.2, 0.25) is 10.0 Å². The normalized spacial score (nSPS) is 15.6. The molecule has 0 spiro atoms. The van der Waals surface area contributed by atoms with Crippen LogP contribution in [0.3, 0.4) is 0 Å². The molecule has 2 aromatic carbocycles. The molecule has 0 radical (unpaired) electrons. The van der Waals surface area contributed by atoms with Crippen molar-refractivity contribution in [2.45, 2.75) is 23.8 Å². The highest BCUT2D eigenvalue weighted by molar-refractivity contribution is 7.89. The first-order chi connectivity index (χ1) is 12.7. The molecule has 27 heavy (non-hydrogen) atoms. The summed E-state index contributed by atoms with van der Waals surface area (Å²) in [6.07, 6.45) is 2.05. The number of hydrogen-bond donors (Lipinski definition) is 1. The van der Waals surface area contributed by atoms with Crippen molar-refractivity contribution in [3.8, 4) is 0 Å². The molecule has 144 valence electrons. The van der Waals surface area contributed by atoms with Crippen LogP contribution in [0.25, 0.3) is 0 Å². The molecule has 1 amide bonds. The highest BCUT2D eigenvalue weighted by atomic mass is 35.5. The van der Waals surface area contributed by atoms with Crippen LogP contribution in [0.1, 0.15) is 34.8 Å². The number of hydrogen-bond acceptors (Lipinski definition) is 3. The van der Waals surface area contributed by atoms with E-state index in [-0.39, 0.29) is 21.5 Å². The predicted octanol–water partition coefficient (Wildman–Crippen LogP) is 4.12. The lowest BCUT2D eigenvalue weighted by atomic mass is 10.0. The molecule has 0 saturated heterocycles. The van der Waals surface area contributed by atoms with E-state index in [2.05, 4.69) is 5.32 Å². The fraction of sp³-hybridized carbons (Fsp3) is 0.316. The van der Waals surface area contributed by atoms with Crippen LogP contribution in [0.2, 0.25) is 10.0 Å². The van der Waals surface area contributed by atoms with Gasteiger partial charge in [0.25, 0.3) is 5.91 Å². The molecule has 1 saturated carbocycles. The van der Waals surface area contributed by atoms with E-state index in [0.717, 1.165) is 22.7 Å². The van der Waals surface area contributed by atoms with Crippen LogP contribution in [0.4, 0.5) is 0 Å². The van der Waals surface area contributed by atoms with Crippen LogP contribution in [0.15, 0.2) is 47.4 Å². The number of carbonyl (C=O) groups is 1. The monoisotopic (exact) mass is 426 g/mol. The van der Waals surface area contributed by atoms with E-state index in [9.17, 15) is 13.2 Å². The number of benzene rings is 2. The van der Waals surface area contributed by atoms with E-state index in [1.54, 1.807) is 12.1 Å². The smallest absolute Gasteiger partial charge is 0.253 e. The maximum absolute atomic E-state index is 12.9. The minimum Gasteiger partial charge on any atom is -0.345 e. The van der Waals surface area contributed by atoms with Gasteiger partial charge in [0.15, 0.2) is 0 Å². The zero-order valence-electron chi connectivity index (χ0n) is 14.9. The van der Waals surface area contributed by atoms with Crippen LogP contribution >= 0.6 is 23.2 Å². The number of sulfonamides is 1. The number of nitrogens with zero attached hydrogens (tertiary/aromatic N) is 1. The summed E-state index contributed by atoms with van der Waals surface area (Å²) in [6.45, 7) is 0.